The van der Waals surface area contributed by atoms with Gasteiger partial charge in [-0.1, -0.05) is 42.0 Å². The second-order valence-electron chi connectivity index (χ2n) is 4.90. The zero-order valence-electron chi connectivity index (χ0n) is 10.2. The van der Waals surface area contributed by atoms with Gasteiger partial charge in [0.15, 0.2) is 0 Å². The monoisotopic (exact) mass is 455 g/mol. The van der Waals surface area contributed by atoms with Gasteiger partial charge in [0.1, 0.15) is 4.55 Å². The van der Waals surface area contributed by atoms with Gasteiger partial charge in [0.05, 0.1) is 20.1 Å². The number of hydrogen-bond donors (Lipinski definition) is 0. The molecule has 94 valence electrons. The summed E-state index contributed by atoms with van der Waals surface area (Å²) < 4.78 is 2.46. The Kier molecular flexibility index (Phi) is 6.44. The summed E-state index contributed by atoms with van der Waals surface area (Å²) >= 11 is 2.51. The summed E-state index contributed by atoms with van der Waals surface area (Å²) in [6, 6.07) is 10.7. The number of rotatable bonds is 2. The van der Waals surface area contributed by atoms with Crippen LogP contribution >= 0.6 is 22.6 Å². The van der Waals surface area contributed by atoms with E-state index < -0.39 is 0 Å². The van der Waals surface area contributed by atoms with E-state index in [1.54, 1.807) is 5.57 Å². The fraction of sp³-hybridized carbons (Fsp3) is 0.429. The quantitative estimate of drug-likeness (QED) is 0.267. The SMILES string of the molecule is C[N+]1(CI)CCC(=Cc2ccccc2)CC1.[I-]. The molecule has 0 bridgehead atoms. The lowest BCUT2D eigenvalue weighted by atomic mass is 10.00. The van der Waals surface area contributed by atoms with Gasteiger partial charge in [-0.25, -0.2) is 0 Å². The summed E-state index contributed by atoms with van der Waals surface area (Å²) in [5.74, 6) is 0. The molecule has 1 aromatic carbocycles. The van der Waals surface area contributed by atoms with Gasteiger partial charge in [-0.05, 0) is 28.2 Å². The van der Waals surface area contributed by atoms with E-state index in [2.05, 4.69) is 66.0 Å². The molecule has 0 amide bonds. The average Bonchev–Trinajstić information content (AvgIpc) is 2.34. The van der Waals surface area contributed by atoms with Gasteiger partial charge >= 0.3 is 0 Å². The summed E-state index contributed by atoms with van der Waals surface area (Å²) in [6.45, 7) is 2.59. The van der Waals surface area contributed by atoms with Crippen LogP contribution in [0.1, 0.15) is 18.4 Å². The predicted molar refractivity (Wildman–Crippen MR) is 78.5 cm³/mol. The number of alkyl halides is 1. The largest absolute Gasteiger partial charge is 1.00 e. The van der Waals surface area contributed by atoms with Crippen LogP contribution in [0.25, 0.3) is 6.08 Å². The number of benzene rings is 1. The lowest BCUT2D eigenvalue weighted by Gasteiger charge is -2.37. The fourth-order valence-corrected chi connectivity index (χ4v) is 2.79. The summed E-state index contributed by atoms with van der Waals surface area (Å²) in [7, 11) is 2.37. The van der Waals surface area contributed by atoms with Crippen molar-refractivity contribution in [3.8, 4) is 0 Å². The molecular formula is C14H19I2N. The molecule has 3 heteroatoms. The second-order valence-corrected chi connectivity index (χ2v) is 5.58. The fourth-order valence-electron chi connectivity index (χ4n) is 2.11. The Labute approximate surface area is 135 Å². The first-order valence-corrected chi connectivity index (χ1v) is 7.38. The number of piperidine rings is 1. The zero-order chi connectivity index (χ0) is 11.4. The van der Waals surface area contributed by atoms with Crippen LogP contribution < -0.4 is 24.0 Å². The third-order valence-corrected chi connectivity index (χ3v) is 5.05. The topological polar surface area (TPSA) is 0 Å². The lowest BCUT2D eigenvalue weighted by molar-refractivity contribution is -0.896. The Morgan fingerprint density at radius 2 is 1.76 bits per heavy atom. The first-order chi connectivity index (χ1) is 7.72. The second kappa shape index (κ2) is 7.09. The predicted octanol–water partition coefficient (Wildman–Crippen LogP) is 0.707. The molecule has 0 aliphatic carbocycles. The van der Waals surface area contributed by atoms with Crippen LogP contribution in [0, 0.1) is 0 Å². The van der Waals surface area contributed by atoms with Gasteiger partial charge in [0.2, 0.25) is 0 Å². The maximum Gasteiger partial charge on any atom is 0.129 e. The Morgan fingerprint density at radius 1 is 1.18 bits per heavy atom. The van der Waals surface area contributed by atoms with E-state index in [1.165, 1.54) is 40.5 Å². The molecule has 0 radical (unpaired) electrons. The highest BCUT2D eigenvalue weighted by atomic mass is 127. The van der Waals surface area contributed by atoms with Crippen LogP contribution in [-0.2, 0) is 0 Å². The number of likely N-dealkylation sites (tertiary alicyclic amines) is 1. The highest BCUT2D eigenvalue weighted by Crippen LogP contribution is 2.24. The summed E-state index contributed by atoms with van der Waals surface area (Å²) in [5, 5.41) is 0. The van der Waals surface area contributed by atoms with Crippen molar-refractivity contribution in [2.45, 2.75) is 12.8 Å². The molecule has 1 saturated heterocycles. The van der Waals surface area contributed by atoms with Crippen molar-refractivity contribution in [2.24, 2.45) is 0 Å². The van der Waals surface area contributed by atoms with E-state index in [9.17, 15) is 0 Å². The van der Waals surface area contributed by atoms with Crippen LogP contribution in [0.2, 0.25) is 0 Å². The Bertz CT molecular complexity index is 363. The first-order valence-electron chi connectivity index (χ1n) is 5.86. The number of quaternary nitrogens is 1. The normalized spacial score (nSPS) is 24.0. The van der Waals surface area contributed by atoms with E-state index in [0.717, 1.165) is 0 Å². The average molecular weight is 455 g/mol. The third kappa shape index (κ3) is 4.52. The van der Waals surface area contributed by atoms with Crippen LogP contribution in [0.3, 0.4) is 0 Å². The number of halogens is 2. The van der Waals surface area contributed by atoms with Crippen molar-refractivity contribution in [2.75, 3.05) is 24.7 Å². The molecule has 1 heterocycles. The molecule has 0 aromatic heterocycles. The van der Waals surface area contributed by atoms with Crippen molar-refractivity contribution in [1.29, 1.82) is 0 Å². The van der Waals surface area contributed by atoms with Gasteiger partial charge < -0.3 is 28.5 Å². The molecule has 1 aliphatic rings. The molecule has 0 N–H and O–H groups in total. The number of hydrogen-bond acceptors (Lipinski definition) is 0. The molecule has 0 saturated carbocycles. The number of nitrogens with zero attached hydrogens (tertiary/aromatic N) is 1. The highest BCUT2D eigenvalue weighted by Gasteiger charge is 2.25. The van der Waals surface area contributed by atoms with E-state index in [4.69, 9.17) is 0 Å². The van der Waals surface area contributed by atoms with Gasteiger partial charge in [-0.2, -0.15) is 0 Å². The minimum Gasteiger partial charge on any atom is -1.00 e. The minimum absolute atomic E-state index is 0. The van der Waals surface area contributed by atoms with E-state index >= 15 is 0 Å². The van der Waals surface area contributed by atoms with Crippen LogP contribution in [0.5, 0.6) is 0 Å². The van der Waals surface area contributed by atoms with Crippen molar-refractivity contribution < 1.29 is 28.5 Å². The molecule has 0 atom stereocenters. The van der Waals surface area contributed by atoms with E-state index in [0.29, 0.717) is 0 Å². The molecule has 1 aliphatic heterocycles. The highest BCUT2D eigenvalue weighted by molar-refractivity contribution is 14.1. The van der Waals surface area contributed by atoms with Crippen molar-refractivity contribution in [3.63, 3.8) is 0 Å². The van der Waals surface area contributed by atoms with Crippen molar-refractivity contribution >= 4 is 28.7 Å². The Hall–Kier alpha value is 0.380. The Morgan fingerprint density at radius 3 is 2.29 bits per heavy atom. The van der Waals surface area contributed by atoms with E-state index in [-0.39, 0.29) is 24.0 Å². The van der Waals surface area contributed by atoms with Crippen LogP contribution in [0.4, 0.5) is 0 Å². The standard InChI is InChI=1S/C14H19IN.HI/c1-16(12-15)9-7-14(8-10-16)11-13-5-3-2-4-6-13;/h2-6,11H,7-10,12H2,1H3;1H/q+1;/p-1. The van der Waals surface area contributed by atoms with Crippen molar-refractivity contribution in [3.05, 3.63) is 41.5 Å². The minimum atomic E-state index is 0. The van der Waals surface area contributed by atoms with Gasteiger partial charge in [-0.3, -0.25) is 0 Å². The van der Waals surface area contributed by atoms with Crippen LogP contribution in [-0.4, -0.2) is 29.2 Å². The van der Waals surface area contributed by atoms with Crippen molar-refractivity contribution in [1.82, 2.24) is 0 Å². The van der Waals surface area contributed by atoms with Gasteiger partial charge in [-0.15, -0.1) is 0 Å². The van der Waals surface area contributed by atoms with Crippen LogP contribution in [0.15, 0.2) is 35.9 Å². The first kappa shape index (κ1) is 15.4. The molecule has 1 aromatic rings. The molecule has 2 rings (SSSR count). The maximum absolute atomic E-state index is 2.51. The van der Waals surface area contributed by atoms with E-state index in [1.807, 2.05) is 0 Å². The summed E-state index contributed by atoms with van der Waals surface area (Å²) in [5.41, 5.74) is 2.97. The van der Waals surface area contributed by atoms with Gasteiger partial charge in [0, 0.05) is 12.8 Å². The molecule has 1 nitrogen and oxygen atoms in total. The lowest BCUT2D eigenvalue weighted by Crippen LogP contribution is -3.00. The molecular weight excluding hydrogens is 436 g/mol. The molecule has 17 heavy (non-hydrogen) atoms. The third-order valence-electron chi connectivity index (χ3n) is 3.40. The maximum atomic E-state index is 2.51. The molecule has 0 unspecified atom stereocenters. The zero-order valence-corrected chi connectivity index (χ0v) is 14.5. The smallest absolute Gasteiger partial charge is 0.129 e. The molecule has 0 spiro atoms. The van der Waals surface area contributed by atoms with Gasteiger partial charge in [0.25, 0.3) is 0 Å². The molecule has 1 fully saturated rings. The Balaban J connectivity index is 0.00000144. The summed E-state index contributed by atoms with van der Waals surface area (Å²) in [6.07, 6.45) is 4.89. The summed E-state index contributed by atoms with van der Waals surface area (Å²) in [4.78, 5) is 0.